The lowest BCUT2D eigenvalue weighted by atomic mass is 10.0. The van der Waals surface area contributed by atoms with Crippen molar-refractivity contribution in [2.45, 2.75) is 31.5 Å². The highest BCUT2D eigenvalue weighted by molar-refractivity contribution is 5.26. The van der Waals surface area contributed by atoms with E-state index in [1.165, 1.54) is 12.1 Å². The molecule has 1 unspecified atom stereocenters. The van der Waals surface area contributed by atoms with Gasteiger partial charge in [0.15, 0.2) is 0 Å². The van der Waals surface area contributed by atoms with Crippen molar-refractivity contribution >= 4 is 0 Å². The van der Waals surface area contributed by atoms with E-state index in [0.717, 1.165) is 12.5 Å². The van der Waals surface area contributed by atoms with Crippen LogP contribution in [-0.2, 0) is 17.3 Å². The molecule has 1 atom stereocenters. The van der Waals surface area contributed by atoms with Crippen molar-refractivity contribution in [2.75, 3.05) is 6.61 Å². The Balaban J connectivity index is 2.04. The third-order valence-electron chi connectivity index (χ3n) is 2.83. The fourth-order valence-electron chi connectivity index (χ4n) is 1.58. The van der Waals surface area contributed by atoms with Crippen LogP contribution in [0, 0.1) is 0 Å². The van der Waals surface area contributed by atoms with Crippen LogP contribution in [0.15, 0.2) is 24.3 Å². The standard InChI is InChI=1S/C12H13F3O/c1-11(8-16-11)6-5-9-3-2-4-10(7-9)12(13,14)15/h2-4,7H,5-6,8H2,1H3. The third kappa shape index (κ3) is 2.76. The molecular weight excluding hydrogens is 217 g/mol. The molecule has 0 N–H and O–H groups in total. The van der Waals surface area contributed by atoms with Crippen LogP contribution >= 0.6 is 0 Å². The van der Waals surface area contributed by atoms with E-state index in [4.69, 9.17) is 4.74 Å². The number of halogens is 3. The molecule has 1 aromatic rings. The summed E-state index contributed by atoms with van der Waals surface area (Å²) in [7, 11) is 0. The van der Waals surface area contributed by atoms with Crippen LogP contribution in [0.2, 0.25) is 0 Å². The molecule has 16 heavy (non-hydrogen) atoms. The molecule has 0 aliphatic carbocycles. The van der Waals surface area contributed by atoms with Crippen molar-refractivity contribution in [1.82, 2.24) is 0 Å². The van der Waals surface area contributed by atoms with Gasteiger partial charge in [0.1, 0.15) is 0 Å². The van der Waals surface area contributed by atoms with Gasteiger partial charge in [-0.3, -0.25) is 0 Å². The number of hydrogen-bond donors (Lipinski definition) is 0. The molecule has 0 saturated carbocycles. The molecule has 0 spiro atoms. The maximum atomic E-state index is 12.4. The molecular formula is C12H13F3O. The normalized spacial score (nSPS) is 24.5. The number of ether oxygens (including phenoxy) is 1. The molecule has 1 aliphatic rings. The van der Waals surface area contributed by atoms with Crippen molar-refractivity contribution in [3.63, 3.8) is 0 Å². The van der Waals surface area contributed by atoms with Gasteiger partial charge < -0.3 is 4.74 Å². The number of rotatable bonds is 3. The lowest BCUT2D eigenvalue weighted by Crippen LogP contribution is -2.08. The van der Waals surface area contributed by atoms with E-state index in [1.54, 1.807) is 6.07 Å². The molecule has 0 amide bonds. The van der Waals surface area contributed by atoms with Crippen LogP contribution in [0.25, 0.3) is 0 Å². The summed E-state index contributed by atoms with van der Waals surface area (Å²) in [5.41, 5.74) is 0.0345. The Kier molecular flexibility index (Phi) is 2.70. The average molecular weight is 230 g/mol. The van der Waals surface area contributed by atoms with Crippen LogP contribution in [0.5, 0.6) is 0 Å². The van der Waals surface area contributed by atoms with E-state index in [9.17, 15) is 13.2 Å². The van der Waals surface area contributed by atoms with E-state index in [-0.39, 0.29) is 5.60 Å². The predicted molar refractivity (Wildman–Crippen MR) is 54.1 cm³/mol. The molecule has 1 nitrogen and oxygen atoms in total. The Morgan fingerprint density at radius 1 is 1.38 bits per heavy atom. The highest BCUT2D eigenvalue weighted by Gasteiger charge is 2.38. The number of aryl methyl sites for hydroxylation is 1. The van der Waals surface area contributed by atoms with E-state index >= 15 is 0 Å². The van der Waals surface area contributed by atoms with Crippen molar-refractivity contribution in [3.8, 4) is 0 Å². The van der Waals surface area contributed by atoms with E-state index < -0.39 is 11.7 Å². The number of alkyl halides is 3. The first kappa shape index (κ1) is 11.5. The van der Waals surface area contributed by atoms with Crippen molar-refractivity contribution in [3.05, 3.63) is 35.4 Å². The summed E-state index contributed by atoms with van der Waals surface area (Å²) in [6.07, 6.45) is -2.86. The van der Waals surface area contributed by atoms with Gasteiger partial charge in [-0.1, -0.05) is 18.2 Å². The third-order valence-corrected chi connectivity index (χ3v) is 2.83. The van der Waals surface area contributed by atoms with Crippen LogP contribution in [0.1, 0.15) is 24.5 Å². The summed E-state index contributed by atoms with van der Waals surface area (Å²) in [4.78, 5) is 0. The predicted octanol–water partition coefficient (Wildman–Crippen LogP) is 3.43. The van der Waals surface area contributed by atoms with Crippen LogP contribution in [0.4, 0.5) is 13.2 Å². The van der Waals surface area contributed by atoms with Gasteiger partial charge in [0.2, 0.25) is 0 Å². The minimum Gasteiger partial charge on any atom is -0.370 e. The van der Waals surface area contributed by atoms with Crippen molar-refractivity contribution in [2.24, 2.45) is 0 Å². The minimum absolute atomic E-state index is 0.103. The second-order valence-electron chi connectivity index (χ2n) is 4.44. The molecule has 1 aromatic carbocycles. The van der Waals surface area contributed by atoms with Gasteiger partial charge in [-0.15, -0.1) is 0 Å². The Hall–Kier alpha value is -1.03. The zero-order valence-corrected chi connectivity index (χ0v) is 8.97. The molecule has 4 heteroatoms. The first-order valence-corrected chi connectivity index (χ1v) is 5.19. The average Bonchev–Trinajstić information content (AvgIpc) is 2.94. The Morgan fingerprint density at radius 3 is 2.62 bits per heavy atom. The lowest BCUT2D eigenvalue weighted by molar-refractivity contribution is -0.137. The summed E-state index contributed by atoms with van der Waals surface area (Å²) >= 11 is 0. The summed E-state index contributed by atoms with van der Waals surface area (Å²) in [5, 5.41) is 0. The Labute approximate surface area is 92.2 Å². The molecule has 1 aliphatic heterocycles. The first-order chi connectivity index (χ1) is 7.39. The van der Waals surface area contributed by atoms with Gasteiger partial charge in [0.05, 0.1) is 17.8 Å². The van der Waals surface area contributed by atoms with Gasteiger partial charge in [-0.2, -0.15) is 13.2 Å². The van der Waals surface area contributed by atoms with E-state index in [2.05, 4.69) is 0 Å². The van der Waals surface area contributed by atoms with Crippen molar-refractivity contribution in [1.29, 1.82) is 0 Å². The summed E-state index contributed by atoms with van der Waals surface area (Å²) < 4.78 is 42.5. The van der Waals surface area contributed by atoms with Gasteiger partial charge in [-0.05, 0) is 31.4 Å². The van der Waals surface area contributed by atoms with Gasteiger partial charge >= 0.3 is 6.18 Å². The zero-order chi connectivity index (χ0) is 11.8. The zero-order valence-electron chi connectivity index (χ0n) is 8.97. The highest BCUT2D eigenvalue weighted by Crippen LogP contribution is 2.33. The summed E-state index contributed by atoms with van der Waals surface area (Å²) in [5.74, 6) is 0. The largest absolute Gasteiger partial charge is 0.416 e. The van der Waals surface area contributed by atoms with Crippen LogP contribution in [0.3, 0.4) is 0 Å². The molecule has 1 heterocycles. The fraction of sp³-hybridized carbons (Fsp3) is 0.500. The Morgan fingerprint density at radius 2 is 2.06 bits per heavy atom. The Bertz CT molecular complexity index is 380. The van der Waals surface area contributed by atoms with Gasteiger partial charge in [0, 0.05) is 0 Å². The maximum Gasteiger partial charge on any atom is 0.416 e. The number of epoxide rings is 1. The number of hydrogen-bond acceptors (Lipinski definition) is 1. The summed E-state index contributed by atoms with van der Waals surface area (Å²) in [6, 6.07) is 5.49. The van der Waals surface area contributed by atoms with Gasteiger partial charge in [0.25, 0.3) is 0 Å². The topological polar surface area (TPSA) is 12.5 Å². The maximum absolute atomic E-state index is 12.4. The van der Waals surface area contributed by atoms with Crippen LogP contribution < -0.4 is 0 Å². The lowest BCUT2D eigenvalue weighted by Gasteiger charge is -2.09. The quantitative estimate of drug-likeness (QED) is 0.725. The smallest absolute Gasteiger partial charge is 0.370 e. The molecule has 1 fully saturated rings. The highest BCUT2D eigenvalue weighted by atomic mass is 19.4. The van der Waals surface area contributed by atoms with Gasteiger partial charge in [-0.25, -0.2) is 0 Å². The monoisotopic (exact) mass is 230 g/mol. The summed E-state index contributed by atoms with van der Waals surface area (Å²) in [6.45, 7) is 2.69. The molecule has 0 radical (unpaired) electrons. The van der Waals surface area contributed by atoms with Crippen molar-refractivity contribution < 1.29 is 17.9 Å². The SMILES string of the molecule is CC1(CCc2cccc(C(F)(F)F)c2)CO1. The number of benzene rings is 1. The molecule has 88 valence electrons. The van der Waals surface area contributed by atoms with E-state index in [1.807, 2.05) is 6.92 Å². The van der Waals surface area contributed by atoms with Crippen LogP contribution in [-0.4, -0.2) is 12.2 Å². The minimum atomic E-state index is -4.25. The molecule has 0 aromatic heterocycles. The first-order valence-electron chi connectivity index (χ1n) is 5.19. The molecule has 1 saturated heterocycles. The second-order valence-corrected chi connectivity index (χ2v) is 4.44. The fourth-order valence-corrected chi connectivity index (χ4v) is 1.58. The van der Waals surface area contributed by atoms with E-state index in [0.29, 0.717) is 18.6 Å². The molecule has 0 bridgehead atoms. The molecule has 2 rings (SSSR count). The second kappa shape index (κ2) is 3.77.